The monoisotopic (exact) mass is 451 g/mol. The second-order valence-corrected chi connectivity index (χ2v) is 8.41. The van der Waals surface area contributed by atoms with Crippen LogP contribution in [0.4, 0.5) is 4.79 Å². The van der Waals surface area contributed by atoms with Crippen LogP contribution in [0.2, 0.25) is 0 Å². The molecule has 1 atom stereocenters. The number of thiazole rings is 1. The fraction of sp³-hybridized carbons (Fsp3) is 0.292. The molecule has 0 saturated carbocycles. The Morgan fingerprint density at radius 3 is 2.50 bits per heavy atom. The first-order chi connectivity index (χ1) is 15.5. The molecule has 0 spiro atoms. The molecule has 32 heavy (non-hydrogen) atoms. The summed E-state index contributed by atoms with van der Waals surface area (Å²) in [6.07, 6.45) is 1.29. The number of aromatic nitrogens is 1. The molecule has 2 aromatic carbocycles. The molecule has 0 aliphatic carbocycles. The third kappa shape index (κ3) is 3.82. The van der Waals surface area contributed by atoms with Crippen molar-refractivity contribution in [2.75, 3.05) is 14.2 Å². The Morgan fingerprint density at radius 2 is 1.81 bits per heavy atom. The highest BCUT2D eigenvalue weighted by Gasteiger charge is 2.51. The molecule has 1 fully saturated rings. The fourth-order valence-corrected chi connectivity index (χ4v) is 4.83. The van der Waals surface area contributed by atoms with Crippen LogP contribution in [0.3, 0.4) is 0 Å². The zero-order valence-electron chi connectivity index (χ0n) is 18.3. The Labute approximate surface area is 191 Å². The molecule has 1 aliphatic rings. The van der Waals surface area contributed by atoms with Gasteiger partial charge in [0.1, 0.15) is 10.5 Å². The smallest absolute Gasteiger partial charge is 0.325 e. The van der Waals surface area contributed by atoms with E-state index in [1.807, 2.05) is 60.8 Å². The van der Waals surface area contributed by atoms with E-state index in [-0.39, 0.29) is 12.5 Å². The maximum atomic E-state index is 13.5. The van der Waals surface area contributed by atoms with Crippen LogP contribution in [0.25, 0.3) is 10.6 Å². The van der Waals surface area contributed by atoms with Crippen LogP contribution < -0.4 is 14.8 Å². The summed E-state index contributed by atoms with van der Waals surface area (Å²) in [7, 11) is 3.17. The Balaban J connectivity index is 1.58. The number of benzene rings is 2. The molecule has 2 heterocycles. The lowest BCUT2D eigenvalue weighted by Crippen LogP contribution is -2.43. The summed E-state index contributed by atoms with van der Waals surface area (Å²) in [5, 5.41) is 5.60. The van der Waals surface area contributed by atoms with Gasteiger partial charge in [-0.3, -0.25) is 9.69 Å². The van der Waals surface area contributed by atoms with E-state index in [1.54, 1.807) is 14.2 Å². The summed E-state index contributed by atoms with van der Waals surface area (Å²) < 4.78 is 10.7. The van der Waals surface area contributed by atoms with Crippen LogP contribution in [0.5, 0.6) is 11.5 Å². The minimum Gasteiger partial charge on any atom is -0.493 e. The molecular formula is C24H25N3O4S. The maximum absolute atomic E-state index is 13.5. The summed E-state index contributed by atoms with van der Waals surface area (Å²) in [6.45, 7) is 2.12. The van der Waals surface area contributed by atoms with Gasteiger partial charge in [-0.1, -0.05) is 43.7 Å². The zero-order valence-corrected chi connectivity index (χ0v) is 19.1. The van der Waals surface area contributed by atoms with E-state index in [1.165, 1.54) is 16.2 Å². The van der Waals surface area contributed by atoms with Crippen LogP contribution in [-0.4, -0.2) is 36.0 Å². The highest BCUT2D eigenvalue weighted by Crippen LogP contribution is 2.36. The van der Waals surface area contributed by atoms with Crippen LogP contribution in [-0.2, 0) is 16.9 Å². The third-order valence-corrected chi connectivity index (χ3v) is 6.51. The van der Waals surface area contributed by atoms with Crippen molar-refractivity contribution in [3.8, 4) is 22.1 Å². The fourth-order valence-electron chi connectivity index (χ4n) is 4.02. The van der Waals surface area contributed by atoms with Gasteiger partial charge in [0.2, 0.25) is 0 Å². The Bertz CT molecular complexity index is 1130. The van der Waals surface area contributed by atoms with Gasteiger partial charge in [0.25, 0.3) is 5.91 Å². The topological polar surface area (TPSA) is 80.8 Å². The first-order valence-electron chi connectivity index (χ1n) is 10.4. The first-order valence-corrected chi connectivity index (χ1v) is 11.3. The Hall–Kier alpha value is -3.39. The maximum Gasteiger partial charge on any atom is 0.325 e. The molecule has 1 unspecified atom stereocenters. The number of carbonyl (C=O) groups is 2. The van der Waals surface area contributed by atoms with Crippen LogP contribution in [0.15, 0.2) is 53.9 Å². The van der Waals surface area contributed by atoms with E-state index in [4.69, 9.17) is 9.47 Å². The Kier molecular flexibility index (Phi) is 6.14. The number of nitrogens with zero attached hydrogens (tertiary/aromatic N) is 2. The number of hydrogen-bond donors (Lipinski definition) is 1. The second-order valence-electron chi connectivity index (χ2n) is 7.56. The number of nitrogens with one attached hydrogen (secondary N) is 1. The Morgan fingerprint density at radius 1 is 1.06 bits per heavy atom. The van der Waals surface area contributed by atoms with Gasteiger partial charge in [-0.05, 0) is 30.2 Å². The van der Waals surface area contributed by atoms with E-state index in [0.29, 0.717) is 23.6 Å². The highest BCUT2D eigenvalue weighted by atomic mass is 32.1. The summed E-state index contributed by atoms with van der Waals surface area (Å²) in [5.74, 6) is 1.01. The van der Waals surface area contributed by atoms with Gasteiger partial charge in [-0.25, -0.2) is 9.78 Å². The molecule has 7 nitrogen and oxygen atoms in total. The number of amides is 3. The van der Waals surface area contributed by atoms with Crippen molar-refractivity contribution in [2.24, 2.45) is 0 Å². The largest absolute Gasteiger partial charge is 0.493 e. The lowest BCUT2D eigenvalue weighted by atomic mass is 9.85. The number of methoxy groups -OCH3 is 2. The van der Waals surface area contributed by atoms with Crippen LogP contribution in [0.1, 0.15) is 31.0 Å². The van der Waals surface area contributed by atoms with Gasteiger partial charge in [-0.15, -0.1) is 11.3 Å². The van der Waals surface area contributed by atoms with Crippen molar-refractivity contribution in [1.29, 1.82) is 0 Å². The number of imide groups is 1. The van der Waals surface area contributed by atoms with Crippen molar-refractivity contribution in [3.63, 3.8) is 0 Å². The molecule has 8 heteroatoms. The van der Waals surface area contributed by atoms with E-state index < -0.39 is 11.6 Å². The van der Waals surface area contributed by atoms with Gasteiger partial charge in [0.05, 0.1) is 26.5 Å². The molecule has 0 radical (unpaired) electrons. The summed E-state index contributed by atoms with van der Waals surface area (Å²) in [4.78, 5) is 32.2. The van der Waals surface area contributed by atoms with Crippen molar-refractivity contribution in [3.05, 3.63) is 65.2 Å². The standard InChI is InChI=1S/C24H25N3O4S/c1-4-12-24(17-8-6-5-7-9-17)22(28)27(23(29)26-24)14-18-15-32-21(25-18)16-10-11-19(30-2)20(13-16)31-3/h5-11,13,15H,4,12,14H2,1-3H3,(H,26,29). The average Bonchev–Trinajstić information content (AvgIpc) is 3.38. The SMILES string of the molecule is CCCC1(c2ccccc2)NC(=O)N(Cc2csc(-c3ccc(OC)c(OC)c3)n2)C1=O. The van der Waals surface area contributed by atoms with Crippen LogP contribution in [0, 0.1) is 0 Å². The number of urea groups is 1. The molecule has 1 aliphatic heterocycles. The van der Waals surface area contributed by atoms with Gasteiger partial charge in [-0.2, -0.15) is 0 Å². The first kappa shape index (κ1) is 21.8. The molecule has 1 saturated heterocycles. The molecule has 3 amide bonds. The normalized spacial score (nSPS) is 18.0. The van der Waals surface area contributed by atoms with Crippen molar-refractivity contribution < 1.29 is 19.1 Å². The van der Waals surface area contributed by atoms with E-state index in [0.717, 1.165) is 22.6 Å². The summed E-state index contributed by atoms with van der Waals surface area (Å²) in [6, 6.07) is 14.6. The molecule has 1 N–H and O–H groups in total. The van der Waals surface area contributed by atoms with E-state index in [9.17, 15) is 9.59 Å². The molecule has 4 rings (SSSR count). The van der Waals surface area contributed by atoms with Gasteiger partial charge < -0.3 is 14.8 Å². The lowest BCUT2D eigenvalue weighted by molar-refractivity contribution is -0.132. The minimum absolute atomic E-state index is 0.118. The van der Waals surface area contributed by atoms with Gasteiger partial charge in [0.15, 0.2) is 11.5 Å². The average molecular weight is 452 g/mol. The number of carbonyl (C=O) groups excluding carboxylic acids is 2. The van der Waals surface area contributed by atoms with Crippen molar-refractivity contribution >= 4 is 23.3 Å². The lowest BCUT2D eigenvalue weighted by Gasteiger charge is -2.26. The summed E-state index contributed by atoms with van der Waals surface area (Å²) >= 11 is 1.45. The summed E-state index contributed by atoms with van der Waals surface area (Å²) in [5.41, 5.74) is 1.30. The highest BCUT2D eigenvalue weighted by molar-refractivity contribution is 7.13. The zero-order chi connectivity index (χ0) is 22.7. The van der Waals surface area contributed by atoms with Gasteiger partial charge >= 0.3 is 6.03 Å². The number of ether oxygens (including phenoxy) is 2. The molecular weight excluding hydrogens is 426 g/mol. The van der Waals surface area contributed by atoms with E-state index >= 15 is 0 Å². The number of hydrogen-bond acceptors (Lipinski definition) is 6. The molecule has 3 aromatic rings. The van der Waals surface area contributed by atoms with Gasteiger partial charge in [0, 0.05) is 10.9 Å². The van der Waals surface area contributed by atoms with E-state index in [2.05, 4.69) is 10.3 Å². The van der Waals surface area contributed by atoms with Crippen molar-refractivity contribution in [1.82, 2.24) is 15.2 Å². The quantitative estimate of drug-likeness (QED) is 0.507. The van der Waals surface area contributed by atoms with Crippen molar-refractivity contribution in [2.45, 2.75) is 31.8 Å². The molecule has 166 valence electrons. The molecule has 0 bridgehead atoms. The molecule has 1 aromatic heterocycles. The predicted octanol–water partition coefficient (Wildman–Crippen LogP) is 4.57. The second kappa shape index (κ2) is 9.00. The van der Waals surface area contributed by atoms with Crippen LogP contribution >= 0.6 is 11.3 Å². The number of rotatable bonds is 8. The predicted molar refractivity (Wildman–Crippen MR) is 123 cm³/mol. The minimum atomic E-state index is -1.03. The third-order valence-electron chi connectivity index (χ3n) is 5.57.